The molecule has 0 spiro atoms. The van der Waals surface area contributed by atoms with Gasteiger partial charge in [0.05, 0.1) is 5.69 Å². The minimum atomic E-state index is 0.627. The molecule has 0 saturated heterocycles. The van der Waals surface area contributed by atoms with Gasteiger partial charge < -0.3 is 9.80 Å². The number of para-hydroxylation sites is 2. The molecule has 9 aromatic rings. The van der Waals surface area contributed by atoms with Crippen LogP contribution in [0.2, 0.25) is 0 Å². The Bertz CT molecular complexity index is 2810. The SMILES string of the molecule is CC1CCCc2ccc(-c3ccc(N(c4ccccc4)c4ccc(-c5ccc(N(c6ccccc6)c6cc7ccccc7c7ccccc67)cc5)cc4)cc3)cc21. The van der Waals surface area contributed by atoms with Gasteiger partial charge in [-0.25, -0.2) is 0 Å². The fourth-order valence-electron chi connectivity index (χ4n) is 8.87. The predicted molar refractivity (Wildman–Crippen MR) is 243 cm³/mol. The van der Waals surface area contributed by atoms with Crippen LogP contribution in [0.25, 0.3) is 43.8 Å². The van der Waals surface area contributed by atoms with Gasteiger partial charge in [0.1, 0.15) is 0 Å². The zero-order valence-corrected chi connectivity index (χ0v) is 32.2. The van der Waals surface area contributed by atoms with Gasteiger partial charge in [-0.1, -0.05) is 146 Å². The molecule has 2 nitrogen and oxygen atoms in total. The van der Waals surface area contributed by atoms with E-state index in [2.05, 4.69) is 223 Å². The lowest BCUT2D eigenvalue weighted by molar-refractivity contribution is 0.590. The standard InChI is InChI=1S/C55H44N2/c1-39-13-12-15-43-23-24-44(37-54(39)43)42-29-33-49(34-30-42)56(46-16-4-2-5-17-46)48-31-25-40(26-32-48)41-27-35-50(36-28-41)57(47-18-6-3-7-19-47)55-38-45-14-8-9-20-51(45)52-21-10-11-22-53(52)55/h2-11,14,16-39H,12-13,15H2,1H3. The van der Waals surface area contributed by atoms with Crippen molar-refractivity contribution in [2.45, 2.75) is 32.1 Å². The minimum Gasteiger partial charge on any atom is -0.311 e. The van der Waals surface area contributed by atoms with Crippen LogP contribution in [0.1, 0.15) is 36.8 Å². The second-order valence-corrected chi connectivity index (χ2v) is 15.4. The van der Waals surface area contributed by atoms with Crippen molar-refractivity contribution >= 4 is 55.7 Å². The molecule has 274 valence electrons. The fourth-order valence-corrected chi connectivity index (χ4v) is 8.87. The number of aryl methyl sites for hydroxylation is 1. The molecule has 1 aliphatic carbocycles. The first-order valence-electron chi connectivity index (χ1n) is 20.2. The van der Waals surface area contributed by atoms with E-state index in [1.807, 2.05) is 0 Å². The lowest BCUT2D eigenvalue weighted by Crippen LogP contribution is -2.10. The molecule has 0 bridgehead atoms. The number of hydrogen-bond donors (Lipinski definition) is 0. The summed E-state index contributed by atoms with van der Waals surface area (Å²) in [6, 6.07) is 75.3. The maximum atomic E-state index is 2.43. The van der Waals surface area contributed by atoms with Gasteiger partial charge >= 0.3 is 0 Å². The monoisotopic (exact) mass is 732 g/mol. The summed E-state index contributed by atoms with van der Waals surface area (Å²) in [6.07, 6.45) is 3.77. The van der Waals surface area contributed by atoms with Gasteiger partial charge in [-0.05, 0) is 141 Å². The molecular formula is C55H44N2. The van der Waals surface area contributed by atoms with E-state index in [1.54, 1.807) is 0 Å². The van der Waals surface area contributed by atoms with E-state index in [-0.39, 0.29) is 0 Å². The Labute approximate surface area is 335 Å². The normalized spacial score (nSPS) is 13.7. The topological polar surface area (TPSA) is 6.48 Å². The first-order chi connectivity index (χ1) is 28.2. The molecule has 57 heavy (non-hydrogen) atoms. The second kappa shape index (κ2) is 15.0. The number of rotatable bonds is 8. The van der Waals surface area contributed by atoms with Crippen LogP contribution in [-0.2, 0) is 6.42 Å². The van der Waals surface area contributed by atoms with Gasteiger partial charge in [0.2, 0.25) is 0 Å². The van der Waals surface area contributed by atoms with Gasteiger partial charge in [-0.15, -0.1) is 0 Å². The number of hydrogen-bond acceptors (Lipinski definition) is 2. The number of nitrogens with zero attached hydrogens (tertiary/aromatic N) is 2. The van der Waals surface area contributed by atoms with Crippen molar-refractivity contribution < 1.29 is 0 Å². The van der Waals surface area contributed by atoms with Crippen molar-refractivity contribution in [2.24, 2.45) is 0 Å². The van der Waals surface area contributed by atoms with Crippen LogP contribution in [0.3, 0.4) is 0 Å². The van der Waals surface area contributed by atoms with Crippen LogP contribution in [0.5, 0.6) is 0 Å². The van der Waals surface area contributed by atoms with E-state index in [0.717, 1.165) is 28.4 Å². The lowest BCUT2D eigenvalue weighted by Gasteiger charge is -2.28. The molecule has 10 rings (SSSR count). The molecule has 0 fully saturated rings. The van der Waals surface area contributed by atoms with E-state index >= 15 is 0 Å². The molecular weight excluding hydrogens is 689 g/mol. The first-order valence-corrected chi connectivity index (χ1v) is 20.2. The number of benzene rings is 9. The van der Waals surface area contributed by atoms with Crippen LogP contribution in [0, 0.1) is 0 Å². The van der Waals surface area contributed by atoms with Crippen LogP contribution in [0.15, 0.2) is 206 Å². The smallest absolute Gasteiger partial charge is 0.0546 e. The van der Waals surface area contributed by atoms with Crippen LogP contribution in [0.4, 0.5) is 34.1 Å². The summed E-state index contributed by atoms with van der Waals surface area (Å²) in [7, 11) is 0. The molecule has 0 aliphatic heterocycles. The van der Waals surface area contributed by atoms with Crippen molar-refractivity contribution in [1.82, 2.24) is 0 Å². The highest BCUT2D eigenvalue weighted by Crippen LogP contribution is 2.43. The van der Waals surface area contributed by atoms with Gasteiger partial charge in [0, 0.05) is 33.8 Å². The summed E-state index contributed by atoms with van der Waals surface area (Å²) in [4.78, 5) is 4.73. The average molecular weight is 733 g/mol. The van der Waals surface area contributed by atoms with Crippen molar-refractivity contribution in [2.75, 3.05) is 9.80 Å². The molecule has 0 aromatic heterocycles. The molecule has 0 saturated carbocycles. The molecule has 0 amide bonds. The maximum absolute atomic E-state index is 2.43. The Morgan fingerprint density at radius 3 is 1.46 bits per heavy atom. The zero-order chi connectivity index (χ0) is 38.1. The van der Waals surface area contributed by atoms with E-state index < -0.39 is 0 Å². The van der Waals surface area contributed by atoms with Crippen molar-refractivity contribution in [3.8, 4) is 22.3 Å². The molecule has 0 heterocycles. The summed E-state index contributed by atoms with van der Waals surface area (Å²) in [5.41, 5.74) is 14.8. The molecule has 0 N–H and O–H groups in total. The van der Waals surface area contributed by atoms with Crippen molar-refractivity contribution in [3.05, 3.63) is 217 Å². The van der Waals surface area contributed by atoms with Crippen LogP contribution >= 0.6 is 0 Å². The first kappa shape index (κ1) is 34.6. The number of fused-ring (bicyclic) bond motifs is 4. The van der Waals surface area contributed by atoms with E-state index in [4.69, 9.17) is 0 Å². The Balaban J connectivity index is 0.970. The lowest BCUT2D eigenvalue weighted by atomic mass is 9.82. The maximum Gasteiger partial charge on any atom is 0.0546 e. The average Bonchev–Trinajstić information content (AvgIpc) is 3.28. The minimum absolute atomic E-state index is 0.627. The molecule has 1 atom stereocenters. The Morgan fingerprint density at radius 1 is 0.386 bits per heavy atom. The highest BCUT2D eigenvalue weighted by Gasteiger charge is 2.19. The van der Waals surface area contributed by atoms with E-state index in [0.29, 0.717) is 5.92 Å². The summed E-state index contributed by atoms with van der Waals surface area (Å²) >= 11 is 0. The van der Waals surface area contributed by atoms with Crippen LogP contribution in [-0.4, -0.2) is 0 Å². The van der Waals surface area contributed by atoms with E-state index in [9.17, 15) is 0 Å². The summed E-state index contributed by atoms with van der Waals surface area (Å²) in [6.45, 7) is 2.37. The Morgan fingerprint density at radius 2 is 0.842 bits per heavy atom. The molecule has 1 unspecified atom stereocenters. The summed E-state index contributed by atoms with van der Waals surface area (Å²) in [5, 5.41) is 4.98. The largest absolute Gasteiger partial charge is 0.311 e. The third-order valence-corrected chi connectivity index (χ3v) is 11.8. The van der Waals surface area contributed by atoms with Gasteiger partial charge in [-0.3, -0.25) is 0 Å². The molecule has 1 aliphatic rings. The summed E-state index contributed by atoms with van der Waals surface area (Å²) in [5.74, 6) is 0.627. The highest BCUT2D eigenvalue weighted by molar-refractivity contribution is 6.14. The fraction of sp³-hybridized carbons (Fsp3) is 0.0909. The predicted octanol–water partition coefficient (Wildman–Crippen LogP) is 15.7. The van der Waals surface area contributed by atoms with Gasteiger partial charge in [0.25, 0.3) is 0 Å². The number of anilines is 6. The third-order valence-electron chi connectivity index (χ3n) is 11.8. The summed E-state index contributed by atoms with van der Waals surface area (Å²) < 4.78 is 0. The van der Waals surface area contributed by atoms with Gasteiger partial charge in [0.15, 0.2) is 0 Å². The van der Waals surface area contributed by atoms with E-state index in [1.165, 1.54) is 79.9 Å². The Kier molecular flexibility index (Phi) is 9.08. The quantitative estimate of drug-likeness (QED) is 0.144. The van der Waals surface area contributed by atoms with Crippen molar-refractivity contribution in [1.29, 1.82) is 0 Å². The van der Waals surface area contributed by atoms with Crippen molar-refractivity contribution in [3.63, 3.8) is 0 Å². The molecule has 0 radical (unpaired) electrons. The molecule has 9 aromatic carbocycles. The molecule has 2 heteroatoms. The van der Waals surface area contributed by atoms with Gasteiger partial charge in [-0.2, -0.15) is 0 Å². The second-order valence-electron chi connectivity index (χ2n) is 15.4. The Hall–Kier alpha value is -6.90. The zero-order valence-electron chi connectivity index (χ0n) is 32.2. The highest BCUT2D eigenvalue weighted by atomic mass is 15.1. The third kappa shape index (κ3) is 6.64. The van der Waals surface area contributed by atoms with Crippen LogP contribution < -0.4 is 9.80 Å².